The fraction of sp³-hybridized carbons (Fsp3) is 0.0426. The zero-order valence-corrected chi connectivity index (χ0v) is 28.5. The van der Waals surface area contributed by atoms with Crippen LogP contribution in [-0.4, -0.2) is 14.1 Å². The van der Waals surface area contributed by atoms with E-state index in [0.717, 1.165) is 28.4 Å². The van der Waals surface area contributed by atoms with Crippen molar-refractivity contribution in [2.75, 3.05) is 0 Å². The Morgan fingerprint density at radius 2 is 1.16 bits per heavy atom. The number of pyridine rings is 1. The molecule has 4 heteroatoms. The van der Waals surface area contributed by atoms with Crippen molar-refractivity contribution in [3.63, 3.8) is 0 Å². The highest BCUT2D eigenvalue weighted by atomic mass is 35.5. The number of halogens is 1. The van der Waals surface area contributed by atoms with E-state index in [2.05, 4.69) is 161 Å². The largest absolute Gasteiger partial charge is 0.333 e. The number of rotatable bonds is 5. The molecular formula is C47H32ClN3. The summed E-state index contributed by atoms with van der Waals surface area (Å²) in [7, 11) is 0. The summed E-state index contributed by atoms with van der Waals surface area (Å²) in [6.07, 6.45) is 7.58. The maximum atomic E-state index is 6.17. The van der Waals surface area contributed by atoms with Crippen LogP contribution in [0.15, 0.2) is 176 Å². The van der Waals surface area contributed by atoms with Gasteiger partial charge in [0, 0.05) is 43.3 Å². The summed E-state index contributed by atoms with van der Waals surface area (Å²) in [5, 5.41) is 5.78. The smallest absolute Gasteiger partial charge is 0.0709 e. The van der Waals surface area contributed by atoms with E-state index in [1.807, 2.05) is 24.3 Å². The lowest BCUT2D eigenvalue weighted by molar-refractivity contribution is 0.655. The molecule has 0 bridgehead atoms. The lowest BCUT2D eigenvalue weighted by atomic mass is 9.96. The van der Waals surface area contributed by atoms with E-state index in [0.29, 0.717) is 0 Å². The number of nitrogens with zero attached hydrogens (tertiary/aromatic N) is 3. The van der Waals surface area contributed by atoms with Crippen molar-refractivity contribution >= 4 is 60.8 Å². The van der Waals surface area contributed by atoms with E-state index in [1.54, 1.807) is 0 Å². The second-order valence-corrected chi connectivity index (χ2v) is 13.7. The molecule has 1 aliphatic carbocycles. The van der Waals surface area contributed by atoms with E-state index in [1.165, 1.54) is 66.0 Å². The maximum absolute atomic E-state index is 6.17. The van der Waals surface area contributed by atoms with Gasteiger partial charge in [-0.25, -0.2) is 4.98 Å². The molecule has 0 amide bonds. The summed E-state index contributed by atoms with van der Waals surface area (Å²) in [5.41, 5.74) is 12.7. The molecule has 3 heterocycles. The van der Waals surface area contributed by atoms with Gasteiger partial charge in [0.15, 0.2) is 0 Å². The topological polar surface area (TPSA) is 22.8 Å². The molecule has 0 aliphatic heterocycles. The lowest BCUT2D eigenvalue weighted by Gasteiger charge is -2.23. The average Bonchev–Trinajstić information content (AvgIpc) is 3.71. The zero-order valence-electron chi connectivity index (χ0n) is 27.7. The van der Waals surface area contributed by atoms with Crippen LogP contribution in [0.1, 0.15) is 18.2 Å². The number of hydrogen-bond acceptors (Lipinski definition) is 1. The third-order valence-corrected chi connectivity index (χ3v) is 10.6. The molecule has 3 nitrogen and oxygen atoms in total. The van der Waals surface area contributed by atoms with Crippen LogP contribution in [0.3, 0.4) is 0 Å². The predicted molar refractivity (Wildman–Crippen MR) is 215 cm³/mol. The Balaban J connectivity index is 1.07. The van der Waals surface area contributed by atoms with Gasteiger partial charge in [-0.1, -0.05) is 121 Å². The molecule has 0 N–H and O–H groups in total. The Bertz CT molecular complexity index is 2840. The Labute approximate surface area is 301 Å². The van der Waals surface area contributed by atoms with Crippen LogP contribution in [0, 0.1) is 0 Å². The van der Waals surface area contributed by atoms with E-state index < -0.39 is 0 Å². The second kappa shape index (κ2) is 12.0. The van der Waals surface area contributed by atoms with Gasteiger partial charge in [-0.3, -0.25) is 0 Å². The van der Waals surface area contributed by atoms with Crippen molar-refractivity contribution < 1.29 is 0 Å². The molecule has 1 atom stereocenters. The lowest BCUT2D eigenvalue weighted by Crippen LogP contribution is -2.10. The van der Waals surface area contributed by atoms with Crippen LogP contribution in [-0.2, 0) is 0 Å². The first-order valence-corrected chi connectivity index (χ1v) is 17.8. The van der Waals surface area contributed by atoms with Crippen LogP contribution in [0.5, 0.6) is 0 Å². The first-order chi connectivity index (χ1) is 25.2. The van der Waals surface area contributed by atoms with Crippen molar-refractivity contribution in [2.45, 2.75) is 12.5 Å². The van der Waals surface area contributed by atoms with Gasteiger partial charge in [0.2, 0.25) is 0 Å². The monoisotopic (exact) mass is 673 g/mol. The van der Waals surface area contributed by atoms with Gasteiger partial charge in [-0.15, -0.1) is 0 Å². The summed E-state index contributed by atoms with van der Waals surface area (Å²) in [6, 6.07) is 56.4. The summed E-state index contributed by atoms with van der Waals surface area (Å²) < 4.78 is 4.90. The number of aromatic nitrogens is 3. The summed E-state index contributed by atoms with van der Waals surface area (Å²) >= 11 is 6.17. The molecule has 0 radical (unpaired) electrons. The first-order valence-electron chi connectivity index (χ1n) is 17.4. The quantitative estimate of drug-likeness (QED) is 0.178. The molecule has 0 saturated heterocycles. The Morgan fingerprint density at radius 1 is 0.510 bits per heavy atom. The van der Waals surface area contributed by atoms with Gasteiger partial charge in [-0.05, 0) is 89.9 Å². The molecule has 10 rings (SSSR count). The van der Waals surface area contributed by atoms with Crippen LogP contribution in [0.2, 0.25) is 5.02 Å². The maximum Gasteiger partial charge on any atom is 0.0709 e. The summed E-state index contributed by atoms with van der Waals surface area (Å²) in [5.74, 6) is 0. The van der Waals surface area contributed by atoms with E-state index in [-0.39, 0.29) is 6.04 Å². The summed E-state index contributed by atoms with van der Waals surface area (Å²) in [4.78, 5) is 5.10. The molecule has 0 saturated carbocycles. The number of benzene rings is 6. The van der Waals surface area contributed by atoms with Crippen molar-refractivity contribution in [2.24, 2.45) is 0 Å². The van der Waals surface area contributed by atoms with Crippen LogP contribution < -0.4 is 0 Å². The number of allylic oxidation sites excluding steroid dienone is 4. The Morgan fingerprint density at radius 3 is 2.00 bits per heavy atom. The standard InChI is InChI=1S/C47H32ClN3/c48-35-24-20-31(21-25-35)42-16-9-17-43(49-42)34-10-8-13-37(28-34)51-44-18-6-4-14-38(44)40-26-22-33(30-47(40)51)32-23-27-46-41(29-32)39-15-5-7-19-45(39)50(46)36-11-2-1-3-12-36/h1-27,29-30,37H,28H2. The fourth-order valence-electron chi connectivity index (χ4n) is 7.97. The van der Waals surface area contributed by atoms with Crippen molar-refractivity contribution in [1.29, 1.82) is 0 Å². The molecule has 0 fully saturated rings. The predicted octanol–water partition coefficient (Wildman–Crippen LogP) is 12.9. The van der Waals surface area contributed by atoms with E-state index in [4.69, 9.17) is 16.6 Å². The van der Waals surface area contributed by atoms with Crippen LogP contribution in [0.4, 0.5) is 0 Å². The molecule has 6 aromatic carbocycles. The van der Waals surface area contributed by atoms with Gasteiger partial charge < -0.3 is 9.13 Å². The zero-order chi connectivity index (χ0) is 33.9. The minimum atomic E-state index is 0.134. The second-order valence-electron chi connectivity index (χ2n) is 13.3. The van der Waals surface area contributed by atoms with Crippen molar-refractivity contribution in [1.82, 2.24) is 14.1 Å². The molecule has 1 unspecified atom stereocenters. The van der Waals surface area contributed by atoms with Gasteiger partial charge in [0.05, 0.1) is 34.0 Å². The number of fused-ring (bicyclic) bond motifs is 6. The van der Waals surface area contributed by atoms with Gasteiger partial charge >= 0.3 is 0 Å². The number of hydrogen-bond donors (Lipinski definition) is 0. The molecule has 242 valence electrons. The van der Waals surface area contributed by atoms with Crippen molar-refractivity contribution in [3.8, 4) is 28.1 Å². The molecule has 1 aliphatic rings. The normalized spacial score (nSPS) is 14.5. The Hall–Kier alpha value is -6.16. The molecule has 0 spiro atoms. The highest BCUT2D eigenvalue weighted by Gasteiger charge is 2.22. The number of para-hydroxylation sites is 3. The summed E-state index contributed by atoms with van der Waals surface area (Å²) in [6.45, 7) is 0. The van der Waals surface area contributed by atoms with Gasteiger partial charge in [0.25, 0.3) is 0 Å². The third kappa shape index (κ3) is 5.00. The minimum absolute atomic E-state index is 0.134. The van der Waals surface area contributed by atoms with Crippen LogP contribution in [0.25, 0.3) is 77.3 Å². The molecule has 3 aromatic heterocycles. The third-order valence-electron chi connectivity index (χ3n) is 10.3. The van der Waals surface area contributed by atoms with E-state index in [9.17, 15) is 0 Å². The molecular weight excluding hydrogens is 642 g/mol. The van der Waals surface area contributed by atoms with E-state index >= 15 is 0 Å². The highest BCUT2D eigenvalue weighted by Crippen LogP contribution is 2.40. The SMILES string of the molecule is Clc1ccc(-c2cccc(C3=CC=CC(n4c5ccccc5c5ccc(-c6ccc7c(c6)c6ccccc6n7-c6ccccc6)cc54)C3)n2)cc1. The highest BCUT2D eigenvalue weighted by molar-refractivity contribution is 6.30. The first kappa shape index (κ1) is 29.7. The minimum Gasteiger partial charge on any atom is -0.333 e. The van der Waals surface area contributed by atoms with Crippen molar-refractivity contribution in [3.05, 3.63) is 187 Å². The van der Waals surface area contributed by atoms with Crippen LogP contribution >= 0.6 is 11.6 Å². The van der Waals surface area contributed by atoms with Gasteiger partial charge in [0.1, 0.15) is 0 Å². The molecule has 9 aromatic rings. The fourth-order valence-corrected chi connectivity index (χ4v) is 8.09. The van der Waals surface area contributed by atoms with Gasteiger partial charge in [-0.2, -0.15) is 0 Å². The average molecular weight is 674 g/mol. The molecule has 51 heavy (non-hydrogen) atoms. The Kier molecular flexibility index (Phi) is 7.00.